The van der Waals surface area contributed by atoms with E-state index >= 15 is 0 Å². The Morgan fingerprint density at radius 3 is 2.33 bits per heavy atom. The minimum atomic E-state index is -0.767. The molecule has 0 aliphatic heterocycles. The maximum Gasteiger partial charge on any atom is 0.330 e. The van der Waals surface area contributed by atoms with E-state index in [4.69, 9.17) is 0 Å². The smallest absolute Gasteiger partial charge is 0.330 e. The van der Waals surface area contributed by atoms with Gasteiger partial charge in [-0.15, -0.1) is 0 Å². The first-order valence-electron chi connectivity index (χ1n) is 2.51. The fraction of sp³-hybridized carbons (Fsp3) is 0.500. The molecular weight excluding hydrogens is 122 g/mol. The van der Waals surface area contributed by atoms with Crippen LogP contribution in [0.5, 0.6) is 0 Å². The van der Waals surface area contributed by atoms with Gasteiger partial charge in [-0.3, -0.25) is 10.2 Å². The number of nitrogens with one attached hydrogen (secondary N) is 2. The van der Waals surface area contributed by atoms with Crippen molar-refractivity contribution < 1.29 is 9.59 Å². The van der Waals surface area contributed by atoms with Gasteiger partial charge in [0.05, 0.1) is 0 Å². The summed E-state index contributed by atoms with van der Waals surface area (Å²) < 4.78 is 0. The third kappa shape index (κ3) is 4.60. The molecule has 0 unspecified atom stereocenters. The SMILES string of the molecule is CCC(=O)NNC(N)=O. The van der Waals surface area contributed by atoms with Crippen molar-refractivity contribution in [2.45, 2.75) is 13.3 Å². The summed E-state index contributed by atoms with van der Waals surface area (Å²) in [7, 11) is 0. The summed E-state index contributed by atoms with van der Waals surface area (Å²) in [6.45, 7) is 1.66. The number of primary amides is 1. The molecule has 5 nitrogen and oxygen atoms in total. The molecule has 0 saturated carbocycles. The number of rotatable bonds is 1. The standard InChI is InChI=1S/C4H9N3O2/c1-2-3(8)6-7-4(5)9/h2H2,1H3,(H,6,8)(H3,5,7,9). The van der Waals surface area contributed by atoms with Crippen LogP contribution in [0.2, 0.25) is 0 Å². The normalized spacial score (nSPS) is 8.11. The van der Waals surface area contributed by atoms with Crippen LogP contribution in [0.15, 0.2) is 0 Å². The molecule has 5 heteroatoms. The summed E-state index contributed by atoms with van der Waals surface area (Å²) >= 11 is 0. The van der Waals surface area contributed by atoms with Gasteiger partial charge in [0.25, 0.3) is 0 Å². The zero-order valence-electron chi connectivity index (χ0n) is 5.10. The topological polar surface area (TPSA) is 84.2 Å². The maximum atomic E-state index is 10.3. The number of carbonyl (C=O) groups excluding carboxylic acids is 2. The summed E-state index contributed by atoms with van der Waals surface area (Å²) in [4.78, 5) is 20.3. The molecule has 3 amide bonds. The maximum absolute atomic E-state index is 10.3. The summed E-state index contributed by atoms with van der Waals surface area (Å²) in [6, 6.07) is -0.767. The highest BCUT2D eigenvalue weighted by atomic mass is 16.2. The van der Waals surface area contributed by atoms with E-state index in [1.807, 2.05) is 5.43 Å². The number of hydrazine groups is 1. The van der Waals surface area contributed by atoms with Gasteiger partial charge in [0, 0.05) is 6.42 Å². The second-order valence-corrected chi connectivity index (χ2v) is 1.39. The van der Waals surface area contributed by atoms with Gasteiger partial charge in [-0.05, 0) is 0 Å². The Kier molecular flexibility index (Phi) is 3.19. The van der Waals surface area contributed by atoms with Crippen molar-refractivity contribution in [3.8, 4) is 0 Å². The van der Waals surface area contributed by atoms with E-state index in [0.29, 0.717) is 6.42 Å². The lowest BCUT2D eigenvalue weighted by Gasteiger charge is -2.00. The minimum Gasteiger partial charge on any atom is -0.350 e. The Morgan fingerprint density at radius 2 is 2.00 bits per heavy atom. The molecule has 0 bridgehead atoms. The van der Waals surface area contributed by atoms with Gasteiger partial charge in [0.2, 0.25) is 5.91 Å². The molecule has 0 saturated heterocycles. The van der Waals surface area contributed by atoms with Crippen LogP contribution in [0.4, 0.5) is 4.79 Å². The highest BCUT2D eigenvalue weighted by Crippen LogP contribution is 1.69. The largest absolute Gasteiger partial charge is 0.350 e. The van der Waals surface area contributed by atoms with Crippen molar-refractivity contribution in [3.05, 3.63) is 0 Å². The Morgan fingerprint density at radius 1 is 1.44 bits per heavy atom. The van der Waals surface area contributed by atoms with Crippen molar-refractivity contribution in [2.24, 2.45) is 5.73 Å². The van der Waals surface area contributed by atoms with Crippen LogP contribution in [0.3, 0.4) is 0 Å². The van der Waals surface area contributed by atoms with Crippen LogP contribution >= 0.6 is 0 Å². The first-order chi connectivity index (χ1) is 4.16. The van der Waals surface area contributed by atoms with Gasteiger partial charge < -0.3 is 5.73 Å². The van der Waals surface area contributed by atoms with E-state index in [1.165, 1.54) is 0 Å². The molecule has 0 heterocycles. The van der Waals surface area contributed by atoms with Crippen LogP contribution in [0.1, 0.15) is 13.3 Å². The number of hydrogen-bond acceptors (Lipinski definition) is 2. The third-order valence-electron chi connectivity index (χ3n) is 0.646. The Labute approximate surface area is 52.6 Å². The number of hydrogen-bond donors (Lipinski definition) is 3. The number of carbonyl (C=O) groups is 2. The van der Waals surface area contributed by atoms with E-state index < -0.39 is 6.03 Å². The molecule has 0 aromatic rings. The zero-order valence-corrected chi connectivity index (χ0v) is 5.10. The molecule has 0 radical (unpaired) electrons. The van der Waals surface area contributed by atoms with E-state index in [2.05, 4.69) is 11.2 Å². The molecule has 9 heavy (non-hydrogen) atoms. The highest BCUT2D eigenvalue weighted by molar-refractivity contribution is 5.79. The molecule has 0 rings (SSSR count). The first kappa shape index (κ1) is 7.74. The van der Waals surface area contributed by atoms with Gasteiger partial charge in [0.1, 0.15) is 0 Å². The lowest BCUT2D eigenvalue weighted by molar-refractivity contribution is -0.121. The molecule has 4 N–H and O–H groups in total. The monoisotopic (exact) mass is 131 g/mol. The molecule has 0 atom stereocenters. The van der Waals surface area contributed by atoms with Gasteiger partial charge in [-0.1, -0.05) is 6.92 Å². The Bertz CT molecular complexity index is 123. The van der Waals surface area contributed by atoms with Crippen LogP contribution in [-0.4, -0.2) is 11.9 Å². The average molecular weight is 131 g/mol. The van der Waals surface area contributed by atoms with E-state index in [1.54, 1.807) is 6.92 Å². The number of nitrogens with two attached hydrogens (primary N) is 1. The molecular formula is C4H9N3O2. The van der Waals surface area contributed by atoms with Gasteiger partial charge >= 0.3 is 6.03 Å². The summed E-state index contributed by atoms with van der Waals surface area (Å²) in [5.74, 6) is -0.270. The fourth-order valence-corrected chi connectivity index (χ4v) is 0.220. The molecule has 0 aliphatic carbocycles. The Hall–Kier alpha value is -1.26. The second-order valence-electron chi connectivity index (χ2n) is 1.39. The number of amides is 3. The molecule has 52 valence electrons. The predicted octanol–water partition coefficient (Wildman–Crippen LogP) is -0.904. The summed E-state index contributed by atoms with van der Waals surface area (Å²) in [5.41, 5.74) is 8.63. The van der Waals surface area contributed by atoms with Crippen LogP contribution in [0, 0.1) is 0 Å². The molecule has 0 aromatic heterocycles. The van der Waals surface area contributed by atoms with Crippen LogP contribution in [-0.2, 0) is 4.79 Å². The van der Waals surface area contributed by atoms with Crippen molar-refractivity contribution in [1.29, 1.82) is 0 Å². The van der Waals surface area contributed by atoms with Crippen LogP contribution in [0.25, 0.3) is 0 Å². The average Bonchev–Trinajstić information content (AvgIpc) is 1.83. The summed E-state index contributed by atoms with van der Waals surface area (Å²) in [5, 5.41) is 0. The van der Waals surface area contributed by atoms with Crippen LogP contribution < -0.4 is 16.6 Å². The number of urea groups is 1. The predicted molar refractivity (Wildman–Crippen MR) is 31.2 cm³/mol. The molecule has 0 fully saturated rings. The van der Waals surface area contributed by atoms with E-state index in [-0.39, 0.29) is 5.91 Å². The van der Waals surface area contributed by atoms with E-state index in [9.17, 15) is 9.59 Å². The Balaban J connectivity index is 3.28. The molecule has 0 aliphatic rings. The van der Waals surface area contributed by atoms with E-state index in [0.717, 1.165) is 0 Å². The fourth-order valence-electron chi connectivity index (χ4n) is 0.220. The molecule has 0 aromatic carbocycles. The van der Waals surface area contributed by atoms with Crippen molar-refractivity contribution in [3.63, 3.8) is 0 Å². The van der Waals surface area contributed by atoms with Gasteiger partial charge in [-0.2, -0.15) is 0 Å². The third-order valence-corrected chi connectivity index (χ3v) is 0.646. The van der Waals surface area contributed by atoms with Gasteiger partial charge in [-0.25, -0.2) is 10.2 Å². The summed E-state index contributed by atoms with van der Waals surface area (Å²) in [6.07, 6.45) is 0.320. The van der Waals surface area contributed by atoms with Gasteiger partial charge in [0.15, 0.2) is 0 Å². The van der Waals surface area contributed by atoms with Crippen molar-refractivity contribution in [2.75, 3.05) is 0 Å². The molecule has 0 spiro atoms. The second kappa shape index (κ2) is 3.71. The quantitative estimate of drug-likeness (QED) is 0.403. The first-order valence-corrected chi connectivity index (χ1v) is 2.51. The minimum absolute atomic E-state index is 0.270. The lowest BCUT2D eigenvalue weighted by atomic mass is 10.5. The lowest BCUT2D eigenvalue weighted by Crippen LogP contribution is -2.44. The van der Waals surface area contributed by atoms with Crippen molar-refractivity contribution >= 4 is 11.9 Å². The highest BCUT2D eigenvalue weighted by Gasteiger charge is 1.94. The van der Waals surface area contributed by atoms with Crippen molar-refractivity contribution in [1.82, 2.24) is 10.9 Å². The zero-order chi connectivity index (χ0) is 7.28.